The number of phenolic OH excluding ortho intramolecular Hbond substituents is 2. The lowest BCUT2D eigenvalue weighted by Gasteiger charge is -2.66. The van der Waals surface area contributed by atoms with E-state index >= 15 is 0 Å². The third-order valence-electron chi connectivity index (χ3n) is 21.2. The Morgan fingerprint density at radius 2 is 1.74 bits per heavy atom. The molecule has 7 heterocycles. The minimum Gasteiger partial charge on any atom is -0.508 e. The van der Waals surface area contributed by atoms with Crippen LogP contribution in [0.1, 0.15) is 93.7 Å². The standard InChI is InChI=1S/C64H70N4O13/c1-3-48-40-16-21-65-47(40)31-68(48)55-57-37(23-42-50(72)22-33(2)78-58(42)55)24-53-64(79-57)29-44-46-30-67-60(76)62(46)18-13-34(14-19-62)6-5-17-61(44)27-43-35(15-20-66-54(43)45(64)28-61)7-4-8-52(80-81-53)63(77,59(75)56(74)51(73)32-69)26-36-9-12-49(71)39-11-10-38(70)25-41(36)39/h9-12,16,21-23,25,31,34-35,43-46,51-54,56,59,65-66,69-71,73-75,77H,3,6-7,13-15,18-20,24,26-30,32H2,1-2H3,(H,67,76)/t34?,35-,43-,44-,45+,46+,51+,52+,53+,54+,56+,59-,61+,62?,63-,64-/m0/s1. The van der Waals surface area contributed by atoms with E-state index in [-0.39, 0.29) is 64.9 Å². The van der Waals surface area contributed by atoms with Gasteiger partial charge in [-0.3, -0.25) is 9.59 Å². The zero-order valence-corrected chi connectivity index (χ0v) is 45.5. The number of H-pyrrole nitrogens is 1. The Morgan fingerprint density at radius 1 is 0.901 bits per heavy atom. The molecular weight excluding hydrogens is 1030 g/mol. The van der Waals surface area contributed by atoms with E-state index in [1.165, 1.54) is 36.4 Å². The monoisotopic (exact) mass is 1100 g/mol. The van der Waals surface area contributed by atoms with Crippen LogP contribution in [-0.2, 0) is 33.8 Å². The molecule has 81 heavy (non-hydrogen) atoms. The maximum absolute atomic E-state index is 14.7. The molecule has 14 atom stereocenters. The molecule has 3 aromatic heterocycles. The number of carbonyl (C=O) groups excluding carboxylic acids is 1. The molecule has 0 radical (unpaired) electrons. The lowest BCUT2D eigenvalue weighted by molar-refractivity contribution is -0.398. The second kappa shape index (κ2) is 19.4. The molecule has 3 aromatic carbocycles. The number of aromatic amines is 1. The molecule has 5 fully saturated rings. The van der Waals surface area contributed by atoms with Crippen molar-refractivity contribution in [3.8, 4) is 46.6 Å². The number of benzene rings is 3. The molecule has 0 unspecified atom stereocenters. The van der Waals surface area contributed by atoms with Gasteiger partial charge in [-0.1, -0.05) is 24.8 Å². The number of nitrogens with one attached hydrogen (secondary N) is 3. The van der Waals surface area contributed by atoms with Gasteiger partial charge in [-0.2, -0.15) is 0 Å². The number of piperidine rings is 1. The van der Waals surface area contributed by atoms with Crippen molar-refractivity contribution in [1.29, 1.82) is 0 Å². The maximum Gasteiger partial charge on any atom is 0.226 e. The minimum absolute atomic E-state index is 0.00196. The third kappa shape index (κ3) is 7.97. The van der Waals surface area contributed by atoms with Crippen LogP contribution in [0.3, 0.4) is 0 Å². The second-order valence-electron chi connectivity index (χ2n) is 25.2. The zero-order chi connectivity index (χ0) is 55.9. The predicted molar refractivity (Wildman–Crippen MR) is 298 cm³/mol. The van der Waals surface area contributed by atoms with Gasteiger partial charge >= 0.3 is 0 Å². The van der Waals surface area contributed by atoms with Crippen molar-refractivity contribution in [2.24, 2.45) is 46.3 Å². The summed E-state index contributed by atoms with van der Waals surface area (Å²) < 4.78 is 17.0. The Balaban J connectivity index is 1.01. The van der Waals surface area contributed by atoms with Crippen molar-refractivity contribution in [1.82, 2.24) is 20.2 Å². The van der Waals surface area contributed by atoms with Gasteiger partial charge in [0.2, 0.25) is 5.91 Å². The van der Waals surface area contributed by atoms with E-state index in [1.54, 1.807) is 6.92 Å². The molecule has 7 bridgehead atoms. The molecule has 17 heteroatoms. The van der Waals surface area contributed by atoms with Gasteiger partial charge in [0.1, 0.15) is 58.6 Å². The maximum atomic E-state index is 14.7. The summed E-state index contributed by atoms with van der Waals surface area (Å²) in [5.41, 5.74) is -1.56. The van der Waals surface area contributed by atoms with E-state index in [0.29, 0.717) is 94.8 Å². The topological polar surface area (TPSA) is 261 Å². The van der Waals surface area contributed by atoms with Crippen molar-refractivity contribution in [3.05, 3.63) is 93.7 Å². The average molecular weight is 1100 g/mol. The lowest BCUT2D eigenvalue weighted by atomic mass is 9.42. The average Bonchev–Trinajstić information content (AvgIpc) is 4.33. The van der Waals surface area contributed by atoms with E-state index in [4.69, 9.17) is 18.9 Å². The highest BCUT2D eigenvalue weighted by atomic mass is 17.2. The first-order chi connectivity index (χ1) is 39.1. The Kier molecular flexibility index (Phi) is 12.6. The van der Waals surface area contributed by atoms with Crippen LogP contribution in [-0.4, -0.2) is 119 Å². The highest BCUT2D eigenvalue weighted by molar-refractivity contribution is 5.93. The Labute approximate surface area is 467 Å². The lowest BCUT2D eigenvalue weighted by Crippen LogP contribution is -2.73. The summed E-state index contributed by atoms with van der Waals surface area (Å²) in [6, 6.07) is 12.5. The minimum atomic E-state index is -2.64. The van der Waals surface area contributed by atoms with Gasteiger partial charge in [-0.05, 0) is 148 Å². The summed E-state index contributed by atoms with van der Waals surface area (Å²) in [4.78, 5) is 46.3. The number of aliphatic hydroxyl groups is 5. The summed E-state index contributed by atoms with van der Waals surface area (Å²) in [7, 11) is 0. The number of phenols is 2. The van der Waals surface area contributed by atoms with Crippen molar-refractivity contribution >= 4 is 38.6 Å². The number of rotatable bonds is 9. The first-order valence-electron chi connectivity index (χ1n) is 29.2. The van der Waals surface area contributed by atoms with Gasteiger partial charge in [-0.15, -0.1) is 11.8 Å². The largest absolute Gasteiger partial charge is 0.508 e. The van der Waals surface area contributed by atoms with Crippen LogP contribution in [0.15, 0.2) is 70.1 Å². The third-order valence-corrected chi connectivity index (χ3v) is 21.2. The van der Waals surface area contributed by atoms with Gasteiger partial charge in [0.05, 0.1) is 22.9 Å². The first kappa shape index (κ1) is 52.7. The second-order valence-corrected chi connectivity index (χ2v) is 25.2. The van der Waals surface area contributed by atoms with E-state index < -0.39 is 65.6 Å². The van der Waals surface area contributed by atoms with Crippen LogP contribution in [0.5, 0.6) is 17.2 Å². The molecule has 1 amide bonds. The summed E-state index contributed by atoms with van der Waals surface area (Å²) in [6.45, 7) is 4.08. The van der Waals surface area contributed by atoms with Crippen LogP contribution in [0.4, 0.5) is 0 Å². The molecule has 15 rings (SSSR count). The van der Waals surface area contributed by atoms with Crippen LogP contribution >= 0.6 is 0 Å². The van der Waals surface area contributed by atoms with Crippen LogP contribution in [0.25, 0.3) is 38.3 Å². The van der Waals surface area contributed by atoms with Gasteiger partial charge in [0, 0.05) is 90.1 Å². The van der Waals surface area contributed by atoms with Gasteiger partial charge in [0.15, 0.2) is 22.9 Å². The molecule has 3 saturated carbocycles. The molecule has 3 spiro atoms. The number of ether oxygens (including phenoxy) is 1. The molecule has 4 aliphatic heterocycles. The number of fused-ring (bicyclic) bond motifs is 7. The van der Waals surface area contributed by atoms with E-state index in [1.807, 2.05) is 24.5 Å². The number of aromatic nitrogens is 2. The smallest absolute Gasteiger partial charge is 0.226 e. The van der Waals surface area contributed by atoms with E-state index in [9.17, 15) is 45.3 Å². The molecule has 17 nitrogen and oxygen atoms in total. The number of aliphatic hydroxyl groups excluding tert-OH is 4. The zero-order valence-electron chi connectivity index (χ0n) is 45.5. The van der Waals surface area contributed by atoms with Crippen molar-refractivity contribution in [3.63, 3.8) is 0 Å². The molecule has 6 aromatic rings. The Hall–Kier alpha value is -6.38. The number of nitrogens with zero attached hydrogens (tertiary/aromatic N) is 1. The van der Waals surface area contributed by atoms with Crippen LogP contribution in [0.2, 0.25) is 0 Å². The van der Waals surface area contributed by atoms with E-state index in [2.05, 4.69) is 50.8 Å². The van der Waals surface area contributed by atoms with Crippen LogP contribution < -0.4 is 20.8 Å². The van der Waals surface area contributed by atoms with Gasteiger partial charge in [-0.25, -0.2) is 9.78 Å². The normalized spacial score (nSPS) is 33.8. The van der Waals surface area contributed by atoms with E-state index in [0.717, 1.165) is 61.5 Å². The fourth-order valence-corrected chi connectivity index (χ4v) is 17.2. The Bertz CT molecular complexity index is 3720. The number of aryl methyl sites for hydroxylation is 2. The summed E-state index contributed by atoms with van der Waals surface area (Å²) >= 11 is 0. The van der Waals surface area contributed by atoms with Crippen molar-refractivity contribution in [2.75, 3.05) is 19.7 Å². The predicted octanol–water partition coefficient (Wildman–Crippen LogP) is 5.66. The molecular formula is C64H70N4O13. The van der Waals surface area contributed by atoms with Gasteiger partial charge < -0.3 is 65.1 Å². The molecule has 424 valence electrons. The highest BCUT2D eigenvalue weighted by Crippen LogP contribution is 2.68. The molecule has 9 aliphatic rings. The van der Waals surface area contributed by atoms with Crippen molar-refractivity contribution in [2.45, 2.75) is 145 Å². The summed E-state index contributed by atoms with van der Waals surface area (Å²) in [5, 5.41) is 89.8. The quantitative estimate of drug-likeness (QED) is 0.0620. The number of hydrogen-bond acceptors (Lipinski definition) is 14. The summed E-state index contributed by atoms with van der Waals surface area (Å²) in [5.74, 6) is 15.0. The molecule has 10 N–H and O–H groups in total. The number of aromatic hydroxyl groups is 2. The van der Waals surface area contributed by atoms with Crippen molar-refractivity contribution < 1.29 is 59.5 Å². The Morgan fingerprint density at radius 3 is 2.56 bits per heavy atom. The number of hydrogen-bond donors (Lipinski definition) is 10. The fraction of sp³-hybridized carbons (Fsp3) is 0.531. The molecule has 2 saturated heterocycles. The fourth-order valence-electron chi connectivity index (χ4n) is 17.2. The molecule has 5 aliphatic carbocycles. The first-order valence-corrected chi connectivity index (χ1v) is 29.2. The SMILES string of the molecule is CCc1c2cc[nH]c2cn1-c1c2c(cc3c(=O)cc(C)oc13)C[C@H]1OO[C@@H]([C@@](O)(Cc3ccc(O)c4ccc(O)cc34)[C@@H](O)[C@H](O)[C@H](O)CO)C#CC[C@H]3CCN[C@@H]4[C@H]3C[C@@]35C#CCC6CCC7(CC6)C(=O)NC[C@@H]7[C@@H]3C[C@]1(O2)[C@@H]4C5. The number of carbonyl (C=O) groups is 1. The highest BCUT2D eigenvalue weighted by Gasteiger charge is 2.71. The summed E-state index contributed by atoms with van der Waals surface area (Å²) in [6.07, 6.45) is 2.05. The van der Waals surface area contributed by atoms with Crippen LogP contribution in [0, 0.1) is 76.9 Å². The number of amides is 1. The van der Waals surface area contributed by atoms with Gasteiger partial charge in [0.25, 0.3) is 0 Å².